The zero-order chi connectivity index (χ0) is 12.5. The maximum Gasteiger partial charge on any atom is 0.161 e. The van der Waals surface area contributed by atoms with Crippen molar-refractivity contribution < 1.29 is 0 Å². The molecule has 0 aliphatic carbocycles. The third kappa shape index (κ3) is 1.92. The van der Waals surface area contributed by atoms with Crippen molar-refractivity contribution in [3.63, 3.8) is 0 Å². The van der Waals surface area contributed by atoms with E-state index < -0.39 is 0 Å². The maximum atomic E-state index is 6.03. The van der Waals surface area contributed by atoms with E-state index >= 15 is 0 Å². The minimum absolute atomic E-state index is 0.307. The lowest BCUT2D eigenvalue weighted by Gasteiger charge is -2.04. The Balaban J connectivity index is 2.26. The van der Waals surface area contributed by atoms with E-state index in [0.717, 1.165) is 16.6 Å². The van der Waals surface area contributed by atoms with E-state index in [1.807, 2.05) is 36.4 Å². The molecule has 0 amide bonds. The monoisotopic (exact) mass is 275 g/mol. The number of rotatable bonds is 1. The number of aromatic nitrogens is 3. The highest BCUT2D eigenvalue weighted by atomic mass is 35.5. The fourth-order valence-corrected chi connectivity index (χ4v) is 2.14. The molecule has 0 atom stereocenters. The van der Waals surface area contributed by atoms with Crippen LogP contribution in [0.15, 0.2) is 42.6 Å². The molecule has 0 aliphatic rings. The van der Waals surface area contributed by atoms with E-state index in [-0.39, 0.29) is 0 Å². The van der Waals surface area contributed by atoms with E-state index in [1.54, 1.807) is 6.20 Å². The molecule has 3 aromatic rings. The van der Waals surface area contributed by atoms with Gasteiger partial charge < -0.3 is 0 Å². The molecule has 3 rings (SSSR count). The average molecular weight is 276 g/mol. The molecule has 2 heterocycles. The van der Waals surface area contributed by atoms with Crippen LogP contribution in [-0.4, -0.2) is 15.2 Å². The summed E-state index contributed by atoms with van der Waals surface area (Å²) in [4.78, 5) is 4.37. The van der Waals surface area contributed by atoms with Crippen LogP contribution in [-0.2, 0) is 0 Å². The zero-order valence-electron chi connectivity index (χ0n) is 9.14. The minimum Gasteiger partial charge on any atom is -0.255 e. The van der Waals surface area contributed by atoms with Crippen LogP contribution in [0.4, 0.5) is 0 Å². The lowest BCUT2D eigenvalue weighted by atomic mass is 10.1. The topological polar surface area (TPSA) is 38.7 Å². The predicted octanol–water partition coefficient (Wildman–Crippen LogP) is 4.00. The van der Waals surface area contributed by atoms with Gasteiger partial charge in [0, 0.05) is 22.5 Å². The fraction of sp³-hybridized carbons (Fsp3) is 0. The van der Waals surface area contributed by atoms with Gasteiger partial charge in [-0.2, -0.15) is 0 Å². The van der Waals surface area contributed by atoms with Crippen molar-refractivity contribution in [1.82, 2.24) is 15.2 Å². The number of fused-ring (bicyclic) bond motifs is 1. The summed E-state index contributed by atoms with van der Waals surface area (Å²) in [5.74, 6) is 0. The molecule has 0 saturated heterocycles. The summed E-state index contributed by atoms with van der Waals surface area (Å²) in [5.41, 5.74) is 1.84. The standard InChI is InChI=1S/C13H7Cl2N3/c14-12-9-6-11(8-4-2-1-3-5-8)16-7-10(9)13(15)18-17-12/h1-7H. The first-order valence-corrected chi connectivity index (χ1v) is 6.04. The molecule has 0 N–H and O–H groups in total. The van der Waals surface area contributed by atoms with E-state index in [0.29, 0.717) is 15.7 Å². The van der Waals surface area contributed by atoms with Gasteiger partial charge in [-0.25, -0.2) is 0 Å². The van der Waals surface area contributed by atoms with Gasteiger partial charge >= 0.3 is 0 Å². The van der Waals surface area contributed by atoms with Crippen LogP contribution in [0.3, 0.4) is 0 Å². The molecule has 0 saturated carbocycles. The van der Waals surface area contributed by atoms with Crippen molar-refractivity contribution in [3.05, 3.63) is 52.9 Å². The van der Waals surface area contributed by atoms with Crippen molar-refractivity contribution in [2.75, 3.05) is 0 Å². The van der Waals surface area contributed by atoms with E-state index in [1.165, 1.54) is 0 Å². The second-order valence-corrected chi connectivity index (χ2v) is 4.48. The SMILES string of the molecule is Clc1nnc(Cl)c2cc(-c3ccccc3)ncc12. The Kier molecular flexibility index (Phi) is 2.86. The van der Waals surface area contributed by atoms with Gasteiger partial charge in [0.15, 0.2) is 10.3 Å². The van der Waals surface area contributed by atoms with Gasteiger partial charge in [0.05, 0.1) is 5.69 Å². The van der Waals surface area contributed by atoms with Crippen LogP contribution >= 0.6 is 23.2 Å². The third-order valence-electron chi connectivity index (χ3n) is 2.64. The molecule has 0 spiro atoms. The van der Waals surface area contributed by atoms with Crippen molar-refractivity contribution >= 4 is 34.0 Å². The summed E-state index contributed by atoms with van der Waals surface area (Å²) in [6.07, 6.45) is 1.67. The van der Waals surface area contributed by atoms with Crippen LogP contribution in [0.2, 0.25) is 10.3 Å². The van der Waals surface area contributed by atoms with E-state index in [9.17, 15) is 0 Å². The van der Waals surface area contributed by atoms with Crippen molar-refractivity contribution in [2.24, 2.45) is 0 Å². The molecule has 0 unspecified atom stereocenters. The highest BCUT2D eigenvalue weighted by Gasteiger charge is 2.08. The van der Waals surface area contributed by atoms with Gasteiger partial charge in [-0.05, 0) is 6.07 Å². The van der Waals surface area contributed by atoms with Gasteiger partial charge in [-0.1, -0.05) is 53.5 Å². The Morgan fingerprint density at radius 2 is 1.50 bits per heavy atom. The number of nitrogens with zero attached hydrogens (tertiary/aromatic N) is 3. The Morgan fingerprint density at radius 3 is 2.22 bits per heavy atom. The van der Waals surface area contributed by atoms with Gasteiger partial charge in [0.1, 0.15) is 0 Å². The molecule has 2 aromatic heterocycles. The van der Waals surface area contributed by atoms with Gasteiger partial charge in [-0.15, -0.1) is 10.2 Å². The summed E-state index contributed by atoms with van der Waals surface area (Å²) in [6, 6.07) is 11.7. The van der Waals surface area contributed by atoms with Crippen molar-refractivity contribution in [3.8, 4) is 11.3 Å². The smallest absolute Gasteiger partial charge is 0.161 e. The Morgan fingerprint density at radius 1 is 0.833 bits per heavy atom. The first-order chi connectivity index (χ1) is 8.75. The summed E-state index contributed by atoms with van der Waals surface area (Å²) < 4.78 is 0. The maximum absolute atomic E-state index is 6.03. The number of hydrogen-bond donors (Lipinski definition) is 0. The van der Waals surface area contributed by atoms with Crippen LogP contribution in [0.5, 0.6) is 0 Å². The lowest BCUT2D eigenvalue weighted by molar-refractivity contribution is 1.05. The quantitative estimate of drug-likeness (QED) is 0.674. The highest BCUT2D eigenvalue weighted by Crippen LogP contribution is 2.28. The molecule has 3 nitrogen and oxygen atoms in total. The first-order valence-electron chi connectivity index (χ1n) is 5.28. The molecule has 88 valence electrons. The molecule has 0 fully saturated rings. The molecule has 0 aliphatic heterocycles. The van der Waals surface area contributed by atoms with Crippen LogP contribution < -0.4 is 0 Å². The summed E-state index contributed by atoms with van der Waals surface area (Å²) in [7, 11) is 0. The number of halogens is 2. The van der Waals surface area contributed by atoms with Crippen LogP contribution in [0.1, 0.15) is 0 Å². The van der Waals surface area contributed by atoms with Gasteiger partial charge in [-0.3, -0.25) is 4.98 Å². The van der Waals surface area contributed by atoms with Crippen molar-refractivity contribution in [2.45, 2.75) is 0 Å². The predicted molar refractivity (Wildman–Crippen MR) is 72.8 cm³/mol. The minimum atomic E-state index is 0.307. The van der Waals surface area contributed by atoms with E-state index in [2.05, 4.69) is 15.2 Å². The Hall–Kier alpha value is -1.71. The molecule has 18 heavy (non-hydrogen) atoms. The lowest BCUT2D eigenvalue weighted by Crippen LogP contribution is -1.90. The summed E-state index contributed by atoms with van der Waals surface area (Å²) >= 11 is 12.0. The summed E-state index contributed by atoms with van der Waals surface area (Å²) in [6.45, 7) is 0. The number of hydrogen-bond acceptors (Lipinski definition) is 3. The largest absolute Gasteiger partial charge is 0.255 e. The fourth-order valence-electron chi connectivity index (χ4n) is 1.75. The first kappa shape index (κ1) is 11.4. The number of benzene rings is 1. The molecule has 5 heteroatoms. The number of pyridine rings is 1. The molecular formula is C13H7Cl2N3. The molecule has 0 radical (unpaired) electrons. The van der Waals surface area contributed by atoms with Crippen LogP contribution in [0, 0.1) is 0 Å². The normalized spacial score (nSPS) is 10.8. The zero-order valence-corrected chi connectivity index (χ0v) is 10.7. The average Bonchev–Trinajstić information content (AvgIpc) is 2.44. The highest BCUT2D eigenvalue weighted by molar-refractivity contribution is 6.38. The Labute approximate surface area is 113 Å². The molecule has 0 bridgehead atoms. The van der Waals surface area contributed by atoms with Gasteiger partial charge in [0.25, 0.3) is 0 Å². The second-order valence-electron chi connectivity index (χ2n) is 3.76. The molecule has 1 aromatic carbocycles. The summed E-state index contributed by atoms with van der Waals surface area (Å²) in [5, 5.41) is 9.64. The van der Waals surface area contributed by atoms with Gasteiger partial charge in [0.2, 0.25) is 0 Å². The second kappa shape index (κ2) is 4.52. The van der Waals surface area contributed by atoms with E-state index in [4.69, 9.17) is 23.2 Å². The van der Waals surface area contributed by atoms with Crippen molar-refractivity contribution in [1.29, 1.82) is 0 Å². The third-order valence-corrected chi connectivity index (χ3v) is 3.20. The molecular weight excluding hydrogens is 269 g/mol. The van der Waals surface area contributed by atoms with Crippen LogP contribution in [0.25, 0.3) is 22.0 Å². The Bertz CT molecular complexity index is 714.